The molecule has 0 amide bonds. The molecule has 1 aromatic carbocycles. The van der Waals surface area contributed by atoms with E-state index >= 15 is 0 Å². The van der Waals surface area contributed by atoms with Gasteiger partial charge in [0, 0.05) is 17.8 Å². The first kappa shape index (κ1) is 12.9. The smallest absolute Gasteiger partial charge is 0.160 e. The Morgan fingerprint density at radius 1 is 1.16 bits per heavy atom. The molecule has 0 aromatic heterocycles. The highest BCUT2D eigenvalue weighted by Gasteiger charge is 2.61. The van der Waals surface area contributed by atoms with Gasteiger partial charge in [0.05, 0.1) is 0 Å². The minimum Gasteiger partial charge on any atom is -0.382 e. The summed E-state index contributed by atoms with van der Waals surface area (Å²) in [6.07, 6.45) is 3.63. The molecule has 2 fully saturated rings. The Morgan fingerprint density at radius 3 is 2.42 bits per heavy atom. The number of hydrogen-bond acceptors (Lipinski definition) is 1. The molecule has 3 atom stereocenters. The van der Waals surface area contributed by atoms with Crippen LogP contribution in [0.4, 0.5) is 14.5 Å². The molecule has 1 N–H and O–H groups in total. The van der Waals surface area contributed by atoms with Crippen molar-refractivity contribution in [2.75, 3.05) is 5.32 Å². The number of benzene rings is 1. The maximum absolute atomic E-state index is 13.3. The molecule has 1 nitrogen and oxygen atoms in total. The molecule has 0 spiro atoms. The molecule has 0 radical (unpaired) electrons. The second kappa shape index (κ2) is 3.94. The molecule has 0 saturated heterocycles. The van der Waals surface area contributed by atoms with E-state index in [0.717, 1.165) is 12.3 Å². The van der Waals surface area contributed by atoms with Crippen LogP contribution in [0, 0.1) is 28.4 Å². The number of rotatable bonds is 2. The molecule has 3 heteroatoms. The minimum absolute atomic E-state index is 0.239. The van der Waals surface area contributed by atoms with Gasteiger partial charge in [-0.15, -0.1) is 0 Å². The average molecular weight is 265 g/mol. The number of anilines is 1. The lowest BCUT2D eigenvalue weighted by Crippen LogP contribution is -2.40. The Kier molecular flexibility index (Phi) is 2.67. The third kappa shape index (κ3) is 1.70. The highest BCUT2D eigenvalue weighted by atomic mass is 19.2. The lowest BCUT2D eigenvalue weighted by atomic mass is 9.69. The van der Waals surface area contributed by atoms with Crippen LogP contribution in [0.2, 0.25) is 0 Å². The normalized spacial score (nSPS) is 35.6. The van der Waals surface area contributed by atoms with E-state index in [1.807, 2.05) is 0 Å². The van der Waals surface area contributed by atoms with Crippen LogP contribution < -0.4 is 5.32 Å². The maximum atomic E-state index is 13.3. The number of nitrogens with one attached hydrogen (secondary N) is 1. The first-order chi connectivity index (χ1) is 8.84. The highest BCUT2D eigenvalue weighted by Crippen LogP contribution is 2.65. The van der Waals surface area contributed by atoms with Gasteiger partial charge < -0.3 is 5.32 Å². The summed E-state index contributed by atoms with van der Waals surface area (Å²) in [6.45, 7) is 7.02. The van der Waals surface area contributed by atoms with Gasteiger partial charge in [0.25, 0.3) is 0 Å². The van der Waals surface area contributed by atoms with Crippen molar-refractivity contribution in [3.05, 3.63) is 29.8 Å². The molecule has 2 saturated carbocycles. The molecule has 2 aliphatic rings. The van der Waals surface area contributed by atoms with Crippen LogP contribution >= 0.6 is 0 Å². The lowest BCUT2D eigenvalue weighted by molar-refractivity contribution is 0.142. The van der Waals surface area contributed by atoms with Gasteiger partial charge >= 0.3 is 0 Å². The van der Waals surface area contributed by atoms with Gasteiger partial charge in [-0.1, -0.05) is 20.8 Å². The molecule has 2 aliphatic carbocycles. The first-order valence-electron chi connectivity index (χ1n) is 7.06. The zero-order chi connectivity index (χ0) is 13.8. The Hall–Kier alpha value is -1.12. The fourth-order valence-electron chi connectivity index (χ4n) is 4.21. The largest absolute Gasteiger partial charge is 0.382 e. The summed E-state index contributed by atoms with van der Waals surface area (Å²) in [5.41, 5.74) is 1.25. The third-order valence-electron chi connectivity index (χ3n) is 6.05. The molecule has 3 rings (SSSR count). The van der Waals surface area contributed by atoms with Crippen molar-refractivity contribution in [3.8, 4) is 0 Å². The van der Waals surface area contributed by atoms with Crippen LogP contribution in [0.1, 0.15) is 40.0 Å². The molecular formula is C16H21F2N. The van der Waals surface area contributed by atoms with Crippen LogP contribution in [0.15, 0.2) is 18.2 Å². The number of halogens is 2. The van der Waals surface area contributed by atoms with Crippen molar-refractivity contribution >= 4 is 5.69 Å². The monoisotopic (exact) mass is 265 g/mol. The zero-order valence-corrected chi connectivity index (χ0v) is 11.8. The van der Waals surface area contributed by atoms with Gasteiger partial charge in [-0.3, -0.25) is 0 Å². The standard InChI is InChI=1S/C16H21F2N/c1-15(2)10-6-7-16(15,3)14(8-10)19-11-4-5-12(17)13(18)9-11/h4-5,9-10,14,19H,6-8H2,1-3H3. The number of fused-ring (bicyclic) bond motifs is 2. The molecule has 3 unspecified atom stereocenters. The molecule has 2 bridgehead atoms. The van der Waals surface area contributed by atoms with Crippen LogP contribution in [0.5, 0.6) is 0 Å². The van der Waals surface area contributed by atoms with E-state index in [1.165, 1.54) is 25.0 Å². The van der Waals surface area contributed by atoms with Crippen molar-refractivity contribution in [3.63, 3.8) is 0 Å². The van der Waals surface area contributed by atoms with Crippen molar-refractivity contribution in [1.82, 2.24) is 0 Å². The molecule has 1 aromatic rings. The van der Waals surface area contributed by atoms with Gasteiger partial charge in [-0.05, 0) is 48.1 Å². The predicted octanol–water partition coefficient (Wildman–Crippen LogP) is 4.59. The summed E-state index contributed by atoms with van der Waals surface area (Å²) in [5.74, 6) is -0.831. The summed E-state index contributed by atoms with van der Waals surface area (Å²) in [5, 5.41) is 3.43. The molecular weight excluding hydrogens is 244 g/mol. The first-order valence-corrected chi connectivity index (χ1v) is 7.06. The quantitative estimate of drug-likeness (QED) is 0.824. The van der Waals surface area contributed by atoms with E-state index < -0.39 is 11.6 Å². The maximum Gasteiger partial charge on any atom is 0.160 e. The molecule has 0 heterocycles. The van der Waals surface area contributed by atoms with Crippen LogP contribution in [0.3, 0.4) is 0 Å². The van der Waals surface area contributed by atoms with Crippen molar-refractivity contribution < 1.29 is 8.78 Å². The highest BCUT2D eigenvalue weighted by molar-refractivity contribution is 5.46. The SMILES string of the molecule is CC1(C)C2CCC1(C)C(Nc1ccc(F)c(F)c1)C2. The fraction of sp³-hybridized carbons (Fsp3) is 0.625. The second-order valence-corrected chi connectivity index (χ2v) is 6.94. The Morgan fingerprint density at radius 2 is 1.89 bits per heavy atom. The van der Waals surface area contributed by atoms with Gasteiger partial charge in [0.15, 0.2) is 11.6 Å². The minimum atomic E-state index is -0.787. The van der Waals surface area contributed by atoms with Crippen LogP contribution in [0.25, 0.3) is 0 Å². The summed E-state index contributed by atoms with van der Waals surface area (Å²) < 4.78 is 26.2. The van der Waals surface area contributed by atoms with E-state index in [9.17, 15) is 8.78 Å². The van der Waals surface area contributed by atoms with Crippen LogP contribution in [-0.2, 0) is 0 Å². The Labute approximate surface area is 113 Å². The van der Waals surface area contributed by atoms with E-state index in [4.69, 9.17) is 0 Å². The van der Waals surface area contributed by atoms with Gasteiger partial charge in [0.1, 0.15) is 0 Å². The number of hydrogen-bond donors (Lipinski definition) is 1. The van der Waals surface area contributed by atoms with Crippen LogP contribution in [-0.4, -0.2) is 6.04 Å². The summed E-state index contributed by atoms with van der Waals surface area (Å²) in [6, 6.07) is 4.43. The lowest BCUT2D eigenvalue weighted by Gasteiger charge is -2.40. The Bertz CT molecular complexity index is 511. The molecule has 0 aliphatic heterocycles. The van der Waals surface area contributed by atoms with Gasteiger partial charge in [0.2, 0.25) is 0 Å². The summed E-state index contributed by atoms with van der Waals surface area (Å²) in [7, 11) is 0. The molecule has 19 heavy (non-hydrogen) atoms. The van der Waals surface area contributed by atoms with E-state index in [2.05, 4.69) is 26.1 Å². The van der Waals surface area contributed by atoms with Gasteiger partial charge in [-0.25, -0.2) is 8.78 Å². The third-order valence-corrected chi connectivity index (χ3v) is 6.05. The van der Waals surface area contributed by atoms with Crippen molar-refractivity contribution in [2.24, 2.45) is 16.7 Å². The Balaban J connectivity index is 1.84. The van der Waals surface area contributed by atoms with E-state index in [0.29, 0.717) is 17.1 Å². The van der Waals surface area contributed by atoms with Gasteiger partial charge in [-0.2, -0.15) is 0 Å². The second-order valence-electron chi connectivity index (χ2n) is 6.94. The van der Waals surface area contributed by atoms with E-state index in [1.54, 1.807) is 6.07 Å². The fourth-order valence-corrected chi connectivity index (χ4v) is 4.21. The topological polar surface area (TPSA) is 12.0 Å². The zero-order valence-electron chi connectivity index (χ0n) is 11.8. The average Bonchev–Trinajstić information content (AvgIpc) is 2.67. The summed E-state index contributed by atoms with van der Waals surface area (Å²) in [4.78, 5) is 0. The van der Waals surface area contributed by atoms with E-state index in [-0.39, 0.29) is 5.41 Å². The summed E-state index contributed by atoms with van der Waals surface area (Å²) >= 11 is 0. The van der Waals surface area contributed by atoms with Crippen molar-refractivity contribution in [1.29, 1.82) is 0 Å². The van der Waals surface area contributed by atoms with Crippen molar-refractivity contribution in [2.45, 2.75) is 46.1 Å². The predicted molar refractivity (Wildman–Crippen MR) is 73.0 cm³/mol. The molecule has 104 valence electrons.